The maximum atomic E-state index is 10.0. The molecule has 0 aromatic rings. The lowest BCUT2D eigenvalue weighted by molar-refractivity contribution is -0.118. The van der Waals surface area contributed by atoms with Gasteiger partial charge in [0.1, 0.15) is 0 Å². The number of amides is 1. The zero-order valence-electron chi connectivity index (χ0n) is 7.45. The average molecular weight is 172 g/mol. The standard InChI is InChI=1S/C5H11NO.C3H5NO/c1-4(2)3-5(6)7;5-3-1-2(3)4-1/h4H,3H2,1-2H3,(H2,6,7);1-5H. The van der Waals surface area contributed by atoms with Gasteiger partial charge in [-0.2, -0.15) is 0 Å². The summed E-state index contributed by atoms with van der Waals surface area (Å²) in [6.45, 7) is 3.93. The van der Waals surface area contributed by atoms with E-state index in [1.165, 1.54) is 0 Å². The predicted molar refractivity (Wildman–Crippen MR) is 45.4 cm³/mol. The fourth-order valence-corrected chi connectivity index (χ4v) is 0.943. The van der Waals surface area contributed by atoms with Gasteiger partial charge < -0.3 is 16.2 Å². The summed E-state index contributed by atoms with van der Waals surface area (Å²) in [6, 6.07) is 1.05. The van der Waals surface area contributed by atoms with E-state index in [-0.39, 0.29) is 12.0 Å². The number of nitrogens with two attached hydrogens (primary N) is 1. The third kappa shape index (κ3) is 2.79. The Morgan fingerprint density at radius 3 is 2.00 bits per heavy atom. The second-order valence-corrected chi connectivity index (χ2v) is 3.77. The van der Waals surface area contributed by atoms with Crippen LogP contribution < -0.4 is 11.1 Å². The van der Waals surface area contributed by atoms with E-state index in [9.17, 15) is 4.79 Å². The first-order valence-corrected chi connectivity index (χ1v) is 4.24. The van der Waals surface area contributed by atoms with E-state index < -0.39 is 0 Å². The Morgan fingerprint density at radius 1 is 1.58 bits per heavy atom. The Morgan fingerprint density at radius 2 is 2.00 bits per heavy atom. The third-order valence-electron chi connectivity index (χ3n) is 1.87. The molecule has 2 atom stereocenters. The van der Waals surface area contributed by atoms with Crippen LogP contribution in [0.3, 0.4) is 0 Å². The topological polar surface area (TPSA) is 85.3 Å². The van der Waals surface area contributed by atoms with Gasteiger partial charge in [-0.1, -0.05) is 13.8 Å². The quantitative estimate of drug-likeness (QED) is 0.478. The van der Waals surface area contributed by atoms with Crippen LogP contribution in [0, 0.1) is 5.92 Å². The van der Waals surface area contributed by atoms with Gasteiger partial charge in [0, 0.05) is 6.42 Å². The van der Waals surface area contributed by atoms with Crippen molar-refractivity contribution >= 4 is 5.91 Å². The van der Waals surface area contributed by atoms with Crippen molar-refractivity contribution in [3.05, 3.63) is 0 Å². The molecule has 1 saturated carbocycles. The summed E-state index contributed by atoms with van der Waals surface area (Å²) in [4.78, 5) is 10.0. The van der Waals surface area contributed by atoms with E-state index in [1.807, 2.05) is 13.8 Å². The van der Waals surface area contributed by atoms with Gasteiger partial charge in [0.05, 0.1) is 18.2 Å². The van der Waals surface area contributed by atoms with Crippen LogP contribution in [0.1, 0.15) is 20.3 Å². The summed E-state index contributed by atoms with van der Waals surface area (Å²) in [5, 5.41) is 11.4. The number of hydrogen-bond acceptors (Lipinski definition) is 3. The molecule has 2 unspecified atom stereocenters. The summed E-state index contributed by atoms with van der Waals surface area (Å²) in [6.07, 6.45) is 0.537. The molecule has 1 saturated heterocycles. The second-order valence-electron chi connectivity index (χ2n) is 3.77. The molecule has 0 aromatic carbocycles. The smallest absolute Gasteiger partial charge is 0.217 e. The minimum atomic E-state index is -0.213. The molecule has 4 nitrogen and oxygen atoms in total. The van der Waals surface area contributed by atoms with Gasteiger partial charge in [-0.3, -0.25) is 4.79 Å². The summed E-state index contributed by atoms with van der Waals surface area (Å²) < 4.78 is 0. The van der Waals surface area contributed by atoms with Crippen LogP contribution in [0.5, 0.6) is 0 Å². The number of aliphatic hydroxyl groups is 1. The minimum Gasteiger partial charge on any atom is -0.390 e. The lowest BCUT2D eigenvalue weighted by atomic mass is 10.1. The van der Waals surface area contributed by atoms with E-state index in [2.05, 4.69) is 5.32 Å². The van der Waals surface area contributed by atoms with Crippen molar-refractivity contribution in [2.75, 3.05) is 0 Å². The van der Waals surface area contributed by atoms with E-state index in [0.717, 1.165) is 0 Å². The van der Waals surface area contributed by atoms with E-state index in [1.54, 1.807) is 0 Å². The highest BCUT2D eigenvalue weighted by atomic mass is 16.3. The van der Waals surface area contributed by atoms with Gasteiger partial charge in [-0.25, -0.2) is 0 Å². The van der Waals surface area contributed by atoms with Gasteiger partial charge in [0.15, 0.2) is 0 Å². The van der Waals surface area contributed by atoms with Crippen LogP contribution >= 0.6 is 0 Å². The Balaban J connectivity index is 0.000000123. The number of carbonyl (C=O) groups is 1. The monoisotopic (exact) mass is 172 g/mol. The molecular weight excluding hydrogens is 156 g/mol. The second kappa shape index (κ2) is 3.41. The van der Waals surface area contributed by atoms with Crippen LogP contribution in [0.25, 0.3) is 0 Å². The zero-order chi connectivity index (χ0) is 9.30. The lowest BCUT2D eigenvalue weighted by Crippen LogP contribution is -2.12. The van der Waals surface area contributed by atoms with Gasteiger partial charge >= 0.3 is 0 Å². The number of fused-ring (bicyclic) bond motifs is 1. The molecule has 1 aliphatic carbocycles. The first kappa shape index (κ1) is 9.48. The van der Waals surface area contributed by atoms with E-state index in [0.29, 0.717) is 24.4 Å². The van der Waals surface area contributed by atoms with Crippen molar-refractivity contribution in [1.29, 1.82) is 0 Å². The number of primary amides is 1. The zero-order valence-corrected chi connectivity index (χ0v) is 7.45. The van der Waals surface area contributed by atoms with Crippen LogP contribution in [-0.2, 0) is 4.79 Å². The van der Waals surface area contributed by atoms with Crippen molar-refractivity contribution in [3.8, 4) is 0 Å². The van der Waals surface area contributed by atoms with E-state index in [4.69, 9.17) is 10.8 Å². The summed E-state index contributed by atoms with van der Waals surface area (Å²) in [5.41, 5.74) is 4.85. The highest BCUT2D eigenvalue weighted by molar-refractivity contribution is 5.73. The van der Waals surface area contributed by atoms with Gasteiger partial charge in [-0.05, 0) is 5.92 Å². The number of carbonyl (C=O) groups excluding carboxylic acids is 1. The first-order chi connectivity index (χ1) is 5.52. The first-order valence-electron chi connectivity index (χ1n) is 4.24. The maximum Gasteiger partial charge on any atom is 0.217 e. The molecule has 0 aromatic heterocycles. The SMILES string of the molecule is CC(C)CC(N)=O.OC1C2NC12. The Kier molecular flexibility index (Phi) is 2.69. The summed E-state index contributed by atoms with van der Waals surface area (Å²) >= 11 is 0. The molecule has 1 aliphatic heterocycles. The highest BCUT2D eigenvalue weighted by Gasteiger charge is 2.64. The molecule has 2 rings (SSSR count). The average Bonchev–Trinajstić information content (AvgIpc) is 2.71. The van der Waals surface area contributed by atoms with Crippen LogP contribution in [0.4, 0.5) is 0 Å². The Labute approximate surface area is 72.1 Å². The molecule has 70 valence electrons. The number of rotatable bonds is 2. The normalized spacial score (nSPS) is 34.8. The molecule has 0 bridgehead atoms. The van der Waals surface area contributed by atoms with Crippen LogP contribution in [0.15, 0.2) is 0 Å². The molecule has 0 spiro atoms. The van der Waals surface area contributed by atoms with Crippen molar-refractivity contribution in [2.24, 2.45) is 11.7 Å². The Hall–Kier alpha value is -0.610. The lowest BCUT2D eigenvalue weighted by Gasteiger charge is -1.95. The van der Waals surface area contributed by atoms with Crippen molar-refractivity contribution in [3.63, 3.8) is 0 Å². The number of nitrogens with one attached hydrogen (secondary N) is 1. The Bertz CT molecular complexity index is 167. The largest absolute Gasteiger partial charge is 0.390 e. The maximum absolute atomic E-state index is 10.0. The molecule has 12 heavy (non-hydrogen) atoms. The molecule has 4 heteroatoms. The number of hydrogen-bond donors (Lipinski definition) is 3. The van der Waals surface area contributed by atoms with E-state index >= 15 is 0 Å². The van der Waals surface area contributed by atoms with Crippen LogP contribution in [0.2, 0.25) is 0 Å². The fourth-order valence-electron chi connectivity index (χ4n) is 0.943. The number of aliphatic hydroxyl groups excluding tert-OH is 1. The predicted octanol–water partition coefficient (Wildman–Crippen LogP) is -0.781. The van der Waals surface area contributed by atoms with Gasteiger partial charge in [0.25, 0.3) is 0 Å². The summed E-state index contributed by atoms with van der Waals surface area (Å²) in [7, 11) is 0. The van der Waals surface area contributed by atoms with Gasteiger partial charge in [0.2, 0.25) is 5.91 Å². The molecule has 1 amide bonds. The molecule has 0 radical (unpaired) electrons. The molecule has 2 aliphatic rings. The van der Waals surface area contributed by atoms with Crippen LogP contribution in [-0.4, -0.2) is 29.2 Å². The fraction of sp³-hybridized carbons (Fsp3) is 0.875. The van der Waals surface area contributed by atoms with Crippen molar-refractivity contribution in [1.82, 2.24) is 5.32 Å². The minimum absolute atomic E-state index is 0.0370. The summed E-state index contributed by atoms with van der Waals surface area (Å²) in [5.74, 6) is 0.188. The highest BCUT2D eigenvalue weighted by Crippen LogP contribution is 2.36. The third-order valence-corrected chi connectivity index (χ3v) is 1.87. The molecular formula is C8H16N2O2. The van der Waals surface area contributed by atoms with Crippen molar-refractivity contribution in [2.45, 2.75) is 38.5 Å². The van der Waals surface area contributed by atoms with Crippen molar-refractivity contribution < 1.29 is 9.90 Å². The van der Waals surface area contributed by atoms with Gasteiger partial charge in [-0.15, -0.1) is 0 Å². The molecule has 4 N–H and O–H groups in total. The molecule has 2 fully saturated rings. The molecule has 1 heterocycles.